The molecule has 1 aromatic heterocycles. The van der Waals surface area contributed by atoms with E-state index in [1.54, 1.807) is 28.8 Å². The molecule has 1 N–H and O–H groups in total. The number of hydrogen-bond donors (Lipinski definition) is 1. The lowest BCUT2D eigenvalue weighted by atomic mass is 10.1. The van der Waals surface area contributed by atoms with E-state index < -0.39 is 0 Å². The molecule has 0 bridgehead atoms. The monoisotopic (exact) mass is 273 g/mol. The molecular weight excluding hydrogens is 258 g/mol. The fourth-order valence-corrected chi connectivity index (χ4v) is 3.48. The summed E-state index contributed by atoms with van der Waals surface area (Å²) in [6, 6.07) is 6.37. The summed E-state index contributed by atoms with van der Waals surface area (Å²) in [6.07, 6.45) is 4.26. The Labute approximate surface area is 116 Å². The number of nitrogens with zero attached hydrogens (tertiary/aromatic N) is 2. The van der Waals surface area contributed by atoms with Crippen LogP contribution in [0.4, 0.5) is 5.69 Å². The van der Waals surface area contributed by atoms with Crippen molar-refractivity contribution in [3.8, 4) is 0 Å². The van der Waals surface area contributed by atoms with E-state index in [4.69, 9.17) is 0 Å². The number of carbonyl (C=O) groups excluding carboxylic acids is 1. The van der Waals surface area contributed by atoms with Crippen molar-refractivity contribution in [2.24, 2.45) is 7.05 Å². The third-order valence-electron chi connectivity index (χ3n) is 3.16. The molecule has 98 valence electrons. The Morgan fingerprint density at radius 2 is 2.37 bits per heavy atom. The molecule has 1 aromatic carbocycles. The van der Waals surface area contributed by atoms with E-state index in [0.29, 0.717) is 0 Å². The van der Waals surface area contributed by atoms with Crippen LogP contribution in [0.25, 0.3) is 0 Å². The first-order chi connectivity index (χ1) is 9.11. The minimum absolute atomic E-state index is 0.0444. The second-order valence-corrected chi connectivity index (χ2v) is 6.06. The fraction of sp³-hybridized carbons (Fsp3) is 0.286. The van der Waals surface area contributed by atoms with Gasteiger partial charge in [-0.1, -0.05) is 17.7 Å². The Morgan fingerprint density at radius 3 is 3.11 bits per heavy atom. The van der Waals surface area contributed by atoms with Crippen molar-refractivity contribution in [2.75, 3.05) is 5.32 Å². The van der Waals surface area contributed by atoms with Crippen molar-refractivity contribution in [2.45, 2.75) is 23.5 Å². The van der Waals surface area contributed by atoms with Gasteiger partial charge >= 0.3 is 0 Å². The van der Waals surface area contributed by atoms with E-state index in [2.05, 4.69) is 35.5 Å². The zero-order valence-electron chi connectivity index (χ0n) is 10.9. The Hall–Kier alpha value is -1.75. The van der Waals surface area contributed by atoms with E-state index in [1.165, 1.54) is 16.0 Å². The molecule has 1 amide bonds. The maximum atomic E-state index is 12.2. The molecule has 0 radical (unpaired) electrons. The van der Waals surface area contributed by atoms with E-state index in [0.717, 1.165) is 12.1 Å². The van der Waals surface area contributed by atoms with Crippen LogP contribution >= 0.6 is 11.8 Å². The van der Waals surface area contributed by atoms with Gasteiger partial charge < -0.3 is 5.32 Å². The summed E-state index contributed by atoms with van der Waals surface area (Å²) in [5.74, 6) is 0.0480. The third-order valence-corrected chi connectivity index (χ3v) is 4.46. The van der Waals surface area contributed by atoms with Gasteiger partial charge in [0.1, 0.15) is 0 Å². The van der Waals surface area contributed by atoms with Gasteiger partial charge in [0.2, 0.25) is 5.91 Å². The van der Waals surface area contributed by atoms with E-state index in [-0.39, 0.29) is 11.2 Å². The number of carbonyl (C=O) groups is 1. The lowest BCUT2D eigenvalue weighted by molar-refractivity contribution is -0.115. The lowest BCUT2D eigenvalue weighted by Crippen LogP contribution is -2.24. The van der Waals surface area contributed by atoms with Crippen LogP contribution in [0.5, 0.6) is 0 Å². The maximum absolute atomic E-state index is 12.2. The van der Waals surface area contributed by atoms with Gasteiger partial charge in [-0.25, -0.2) is 0 Å². The van der Waals surface area contributed by atoms with Crippen molar-refractivity contribution in [3.63, 3.8) is 0 Å². The molecule has 0 unspecified atom stereocenters. The number of rotatable bonds is 2. The Kier molecular flexibility index (Phi) is 3.06. The SMILES string of the molecule is Cc1ccc2c(c1)S[C@H](C(=O)Nc1cnn(C)c1)C2. The summed E-state index contributed by atoms with van der Waals surface area (Å²) >= 11 is 1.65. The summed E-state index contributed by atoms with van der Waals surface area (Å²) in [5, 5.41) is 6.91. The van der Waals surface area contributed by atoms with E-state index in [9.17, 15) is 4.79 Å². The number of anilines is 1. The Morgan fingerprint density at radius 1 is 1.53 bits per heavy atom. The number of benzene rings is 1. The van der Waals surface area contributed by atoms with Gasteiger partial charge in [0.15, 0.2) is 0 Å². The summed E-state index contributed by atoms with van der Waals surface area (Å²) in [4.78, 5) is 13.4. The topological polar surface area (TPSA) is 46.9 Å². The number of amides is 1. The van der Waals surface area contributed by atoms with Crippen molar-refractivity contribution < 1.29 is 4.79 Å². The average molecular weight is 273 g/mol. The molecule has 2 heterocycles. The molecule has 1 aliphatic heterocycles. The summed E-state index contributed by atoms with van der Waals surface area (Å²) in [5.41, 5.74) is 3.25. The Balaban J connectivity index is 1.70. The van der Waals surface area contributed by atoms with Gasteiger partial charge in [0, 0.05) is 18.1 Å². The predicted octanol–water partition coefficient (Wildman–Crippen LogP) is 2.38. The molecule has 2 aromatic rings. The van der Waals surface area contributed by atoms with Crippen molar-refractivity contribution in [3.05, 3.63) is 41.7 Å². The Bertz CT molecular complexity index is 635. The number of hydrogen-bond acceptors (Lipinski definition) is 3. The predicted molar refractivity (Wildman–Crippen MR) is 76.4 cm³/mol. The largest absolute Gasteiger partial charge is 0.322 e. The average Bonchev–Trinajstić information content (AvgIpc) is 2.95. The molecule has 4 nitrogen and oxygen atoms in total. The molecule has 1 atom stereocenters. The number of thioether (sulfide) groups is 1. The van der Waals surface area contributed by atoms with Crippen molar-refractivity contribution in [1.82, 2.24) is 9.78 Å². The van der Waals surface area contributed by atoms with Gasteiger partial charge in [-0.05, 0) is 25.0 Å². The molecule has 0 aliphatic carbocycles. The first-order valence-corrected chi connectivity index (χ1v) is 7.05. The molecule has 1 aliphatic rings. The van der Waals surface area contributed by atoms with Crippen LogP contribution in [0.2, 0.25) is 0 Å². The van der Waals surface area contributed by atoms with Crippen LogP contribution in [0, 0.1) is 6.92 Å². The minimum Gasteiger partial charge on any atom is -0.322 e. The quantitative estimate of drug-likeness (QED) is 0.914. The van der Waals surface area contributed by atoms with E-state index >= 15 is 0 Å². The second kappa shape index (κ2) is 4.74. The zero-order valence-corrected chi connectivity index (χ0v) is 11.7. The van der Waals surface area contributed by atoms with Crippen LogP contribution in [-0.2, 0) is 18.3 Å². The highest BCUT2D eigenvalue weighted by Gasteiger charge is 2.28. The number of nitrogens with one attached hydrogen (secondary N) is 1. The smallest absolute Gasteiger partial charge is 0.238 e. The van der Waals surface area contributed by atoms with Gasteiger partial charge in [-0.15, -0.1) is 11.8 Å². The van der Waals surface area contributed by atoms with Gasteiger partial charge in [0.25, 0.3) is 0 Å². The summed E-state index contributed by atoms with van der Waals surface area (Å²) in [7, 11) is 1.83. The number of fused-ring (bicyclic) bond motifs is 1. The van der Waals surface area contributed by atoms with Gasteiger partial charge in [-0.2, -0.15) is 5.10 Å². The van der Waals surface area contributed by atoms with Gasteiger partial charge in [-0.3, -0.25) is 9.48 Å². The third kappa shape index (κ3) is 2.51. The molecule has 5 heteroatoms. The molecule has 19 heavy (non-hydrogen) atoms. The van der Waals surface area contributed by atoms with Crippen LogP contribution in [0.3, 0.4) is 0 Å². The van der Waals surface area contributed by atoms with Crippen LogP contribution < -0.4 is 5.32 Å². The van der Waals surface area contributed by atoms with Crippen LogP contribution in [-0.4, -0.2) is 20.9 Å². The molecule has 0 saturated carbocycles. The first kappa shape index (κ1) is 12.3. The minimum atomic E-state index is -0.0444. The van der Waals surface area contributed by atoms with Crippen LogP contribution in [0.15, 0.2) is 35.5 Å². The zero-order chi connectivity index (χ0) is 13.4. The standard InChI is InChI=1S/C14H15N3OS/c1-9-3-4-10-6-13(19-12(10)5-9)14(18)16-11-7-15-17(2)8-11/h3-5,7-8,13H,6H2,1-2H3,(H,16,18)/t13-/m0/s1. The summed E-state index contributed by atoms with van der Waals surface area (Å²) in [6.45, 7) is 2.07. The number of aromatic nitrogens is 2. The molecule has 3 rings (SSSR count). The normalized spacial score (nSPS) is 17.3. The molecule has 0 spiro atoms. The maximum Gasteiger partial charge on any atom is 0.238 e. The van der Waals surface area contributed by atoms with Crippen LogP contribution in [0.1, 0.15) is 11.1 Å². The van der Waals surface area contributed by atoms with E-state index in [1.807, 2.05) is 7.05 Å². The molecule has 0 saturated heterocycles. The molecule has 0 fully saturated rings. The summed E-state index contributed by atoms with van der Waals surface area (Å²) < 4.78 is 1.68. The first-order valence-electron chi connectivity index (χ1n) is 6.17. The highest BCUT2D eigenvalue weighted by Crippen LogP contribution is 2.37. The highest BCUT2D eigenvalue weighted by atomic mass is 32.2. The van der Waals surface area contributed by atoms with Crippen molar-refractivity contribution in [1.29, 1.82) is 0 Å². The van der Waals surface area contributed by atoms with Gasteiger partial charge in [0.05, 0.1) is 17.1 Å². The fourth-order valence-electron chi connectivity index (χ4n) is 2.19. The molecular formula is C14H15N3OS. The van der Waals surface area contributed by atoms with Crippen molar-refractivity contribution >= 4 is 23.4 Å². The number of aryl methyl sites for hydroxylation is 2. The second-order valence-electron chi connectivity index (χ2n) is 4.81. The lowest BCUT2D eigenvalue weighted by Gasteiger charge is -2.07. The highest BCUT2D eigenvalue weighted by molar-refractivity contribution is 8.01.